The minimum Gasteiger partial charge on any atom is -0.492 e. The molecule has 0 fully saturated rings. The maximum Gasteiger partial charge on any atom is 0.261 e. The largest absolute Gasteiger partial charge is 0.492 e. The second-order valence-electron chi connectivity index (χ2n) is 7.03. The van der Waals surface area contributed by atoms with E-state index in [0.29, 0.717) is 41.5 Å². The zero-order valence-corrected chi connectivity index (χ0v) is 17.2. The number of benzene rings is 2. The normalized spacial score (nSPS) is 12.9. The average molecular weight is 415 g/mol. The highest BCUT2D eigenvalue weighted by Crippen LogP contribution is 2.24. The van der Waals surface area contributed by atoms with E-state index in [-0.39, 0.29) is 30.7 Å². The molecule has 29 heavy (non-hydrogen) atoms. The van der Waals surface area contributed by atoms with E-state index in [1.807, 2.05) is 13.0 Å². The molecule has 0 saturated heterocycles. The Morgan fingerprint density at radius 3 is 2.48 bits per heavy atom. The van der Waals surface area contributed by atoms with Gasteiger partial charge in [-0.25, -0.2) is 0 Å². The van der Waals surface area contributed by atoms with Crippen molar-refractivity contribution in [1.29, 1.82) is 0 Å². The van der Waals surface area contributed by atoms with Gasteiger partial charge in [0.1, 0.15) is 12.4 Å². The van der Waals surface area contributed by atoms with Gasteiger partial charge in [0.15, 0.2) is 0 Å². The molecule has 3 amide bonds. The number of hydrogen-bond donors (Lipinski definition) is 0. The second-order valence-corrected chi connectivity index (χ2v) is 7.47. The van der Waals surface area contributed by atoms with E-state index in [9.17, 15) is 14.4 Å². The van der Waals surface area contributed by atoms with Crippen LogP contribution >= 0.6 is 11.6 Å². The summed E-state index contributed by atoms with van der Waals surface area (Å²) in [6.45, 7) is 2.91. The first-order valence-corrected chi connectivity index (χ1v) is 9.84. The molecule has 6 nitrogen and oxygen atoms in total. The molecular weight excluding hydrogens is 392 g/mol. The fraction of sp³-hybridized carbons (Fsp3) is 0.318. The molecular formula is C22H23ClN2O4. The highest BCUT2D eigenvalue weighted by Gasteiger charge is 2.35. The Kier molecular flexibility index (Phi) is 6.54. The molecule has 7 heteroatoms. The number of rotatable bonds is 8. The molecule has 0 radical (unpaired) electrons. The zero-order chi connectivity index (χ0) is 21.0. The number of carbonyl (C=O) groups excluding carboxylic acids is 3. The van der Waals surface area contributed by atoms with E-state index >= 15 is 0 Å². The first-order chi connectivity index (χ1) is 13.9. The number of halogens is 1. The lowest BCUT2D eigenvalue weighted by molar-refractivity contribution is -0.130. The summed E-state index contributed by atoms with van der Waals surface area (Å²) in [4.78, 5) is 40.0. The van der Waals surface area contributed by atoms with Crippen molar-refractivity contribution in [3.63, 3.8) is 0 Å². The summed E-state index contributed by atoms with van der Waals surface area (Å²) < 4.78 is 5.59. The summed E-state index contributed by atoms with van der Waals surface area (Å²) in [6.07, 6.45) is 0.676. The minimum absolute atomic E-state index is 0.0582. The van der Waals surface area contributed by atoms with Crippen molar-refractivity contribution in [2.24, 2.45) is 0 Å². The molecule has 2 aromatic carbocycles. The molecule has 0 unspecified atom stereocenters. The maximum absolute atomic E-state index is 12.5. The molecule has 0 bridgehead atoms. The fourth-order valence-corrected chi connectivity index (χ4v) is 3.27. The van der Waals surface area contributed by atoms with Gasteiger partial charge in [0.2, 0.25) is 5.91 Å². The van der Waals surface area contributed by atoms with E-state index in [0.717, 1.165) is 5.56 Å². The lowest BCUT2D eigenvalue weighted by Gasteiger charge is -2.18. The molecule has 0 atom stereocenters. The molecule has 1 aliphatic heterocycles. The predicted molar refractivity (Wildman–Crippen MR) is 110 cm³/mol. The number of hydrogen-bond acceptors (Lipinski definition) is 4. The molecule has 1 heterocycles. The van der Waals surface area contributed by atoms with Crippen LogP contribution in [0.5, 0.6) is 5.75 Å². The van der Waals surface area contributed by atoms with Crippen LogP contribution < -0.4 is 4.74 Å². The Morgan fingerprint density at radius 1 is 1.07 bits per heavy atom. The quantitative estimate of drug-likeness (QED) is 0.619. The third-order valence-electron chi connectivity index (χ3n) is 4.83. The molecule has 0 spiro atoms. The Bertz CT molecular complexity index is 927. The van der Waals surface area contributed by atoms with Crippen molar-refractivity contribution in [3.05, 3.63) is 64.2 Å². The zero-order valence-electron chi connectivity index (χ0n) is 16.5. The van der Waals surface area contributed by atoms with Crippen LogP contribution in [0.15, 0.2) is 42.5 Å². The number of imide groups is 1. The first kappa shape index (κ1) is 20.9. The number of amides is 3. The van der Waals surface area contributed by atoms with Crippen LogP contribution in [0.25, 0.3) is 0 Å². The summed E-state index contributed by atoms with van der Waals surface area (Å²) in [5.74, 6) is 0.0568. The number of likely N-dealkylation sites (N-methyl/N-ethyl adjacent to an activating group) is 1. The molecule has 3 rings (SSSR count). The average Bonchev–Trinajstić information content (AvgIpc) is 2.93. The first-order valence-electron chi connectivity index (χ1n) is 9.46. The number of ether oxygens (including phenoxy) is 1. The molecule has 152 valence electrons. The fourth-order valence-electron chi connectivity index (χ4n) is 3.14. The number of nitrogens with zero attached hydrogens (tertiary/aromatic N) is 2. The van der Waals surface area contributed by atoms with Crippen molar-refractivity contribution >= 4 is 29.3 Å². The standard InChI is InChI=1S/C22H23ClN2O4/c1-15-5-10-18-19(14-15)22(28)25(21(18)27)11-3-4-20(26)24(2)12-13-29-17-8-6-16(23)7-9-17/h5-10,14H,3-4,11-13H2,1-2H3. The molecule has 0 N–H and O–H groups in total. The predicted octanol–water partition coefficient (Wildman–Crippen LogP) is 3.56. The van der Waals surface area contributed by atoms with Crippen LogP contribution in [-0.2, 0) is 4.79 Å². The molecule has 1 aliphatic rings. The summed E-state index contributed by atoms with van der Waals surface area (Å²) in [6, 6.07) is 12.3. The van der Waals surface area contributed by atoms with E-state index in [1.165, 1.54) is 4.90 Å². The number of fused-ring (bicyclic) bond motifs is 1. The smallest absolute Gasteiger partial charge is 0.261 e. The molecule has 0 saturated carbocycles. The highest BCUT2D eigenvalue weighted by atomic mass is 35.5. The third kappa shape index (κ3) is 4.95. The van der Waals surface area contributed by atoms with Crippen LogP contribution in [0.1, 0.15) is 39.1 Å². The van der Waals surface area contributed by atoms with E-state index in [1.54, 1.807) is 48.3 Å². The van der Waals surface area contributed by atoms with Gasteiger partial charge in [0.05, 0.1) is 17.7 Å². The van der Waals surface area contributed by atoms with E-state index < -0.39 is 0 Å². The van der Waals surface area contributed by atoms with Gasteiger partial charge in [0, 0.05) is 25.0 Å². The van der Waals surface area contributed by atoms with Crippen molar-refractivity contribution in [2.75, 3.05) is 26.7 Å². The van der Waals surface area contributed by atoms with E-state index in [4.69, 9.17) is 16.3 Å². The Hall–Kier alpha value is -2.86. The van der Waals surface area contributed by atoms with E-state index in [2.05, 4.69) is 0 Å². The molecule has 2 aromatic rings. The molecule has 0 aliphatic carbocycles. The van der Waals surface area contributed by atoms with Gasteiger partial charge in [-0.15, -0.1) is 0 Å². The van der Waals surface area contributed by atoms with Gasteiger partial charge >= 0.3 is 0 Å². The summed E-state index contributed by atoms with van der Waals surface area (Å²) >= 11 is 5.83. The van der Waals surface area contributed by atoms with Gasteiger partial charge < -0.3 is 9.64 Å². The van der Waals surface area contributed by atoms with Gasteiger partial charge in [-0.05, 0) is 49.7 Å². The van der Waals surface area contributed by atoms with Crippen molar-refractivity contribution in [3.8, 4) is 5.75 Å². The van der Waals surface area contributed by atoms with Crippen molar-refractivity contribution in [2.45, 2.75) is 19.8 Å². The number of aryl methyl sites for hydroxylation is 1. The molecule has 0 aromatic heterocycles. The number of carbonyl (C=O) groups is 3. The van der Waals surface area contributed by atoms with Crippen LogP contribution in [0.4, 0.5) is 0 Å². The van der Waals surface area contributed by atoms with Crippen LogP contribution in [0.3, 0.4) is 0 Å². The van der Waals surface area contributed by atoms with Crippen LogP contribution in [0, 0.1) is 6.92 Å². The Labute approximate surface area is 175 Å². The monoisotopic (exact) mass is 414 g/mol. The van der Waals surface area contributed by atoms with Gasteiger partial charge in [0.25, 0.3) is 11.8 Å². The Balaban J connectivity index is 1.42. The lowest BCUT2D eigenvalue weighted by atomic mass is 10.1. The SMILES string of the molecule is Cc1ccc2c(c1)C(=O)N(CCCC(=O)N(C)CCOc1ccc(Cl)cc1)C2=O. The Morgan fingerprint density at radius 2 is 1.76 bits per heavy atom. The maximum atomic E-state index is 12.5. The van der Waals surface area contributed by atoms with Gasteiger partial charge in [-0.2, -0.15) is 0 Å². The highest BCUT2D eigenvalue weighted by molar-refractivity contribution is 6.30. The lowest BCUT2D eigenvalue weighted by Crippen LogP contribution is -2.33. The summed E-state index contributed by atoms with van der Waals surface area (Å²) in [5.41, 5.74) is 1.81. The van der Waals surface area contributed by atoms with Gasteiger partial charge in [-0.3, -0.25) is 19.3 Å². The van der Waals surface area contributed by atoms with Crippen molar-refractivity contribution in [1.82, 2.24) is 9.80 Å². The van der Waals surface area contributed by atoms with Gasteiger partial charge in [-0.1, -0.05) is 23.2 Å². The van der Waals surface area contributed by atoms with Crippen molar-refractivity contribution < 1.29 is 19.1 Å². The summed E-state index contributed by atoms with van der Waals surface area (Å²) in [5, 5.41) is 0.637. The second kappa shape index (κ2) is 9.09. The third-order valence-corrected chi connectivity index (χ3v) is 5.09. The minimum atomic E-state index is -0.290. The summed E-state index contributed by atoms with van der Waals surface area (Å²) in [7, 11) is 1.71. The van der Waals surface area contributed by atoms with Crippen LogP contribution in [0.2, 0.25) is 5.02 Å². The van der Waals surface area contributed by atoms with Crippen LogP contribution in [-0.4, -0.2) is 54.3 Å². The topological polar surface area (TPSA) is 66.9 Å².